The lowest BCUT2D eigenvalue weighted by molar-refractivity contribution is -0.0935. The van der Waals surface area contributed by atoms with Gasteiger partial charge in [0, 0.05) is 6.54 Å². The molecule has 1 fully saturated rings. The zero-order chi connectivity index (χ0) is 15.2. The average Bonchev–Trinajstić information content (AvgIpc) is 2.48. The Morgan fingerprint density at radius 1 is 1.33 bits per heavy atom. The number of rotatable bonds is 6. The molecular weight excluding hydrogens is 334 g/mol. The van der Waals surface area contributed by atoms with Gasteiger partial charge in [-0.05, 0) is 34.7 Å². The first-order valence-corrected chi connectivity index (χ1v) is 8.40. The molecule has 5 nitrogen and oxygen atoms in total. The predicted octanol–water partition coefficient (Wildman–Crippen LogP) is 3.35. The van der Waals surface area contributed by atoms with Gasteiger partial charge in [0.05, 0.1) is 30.0 Å². The SMILES string of the molecule is CCCNc1nc(C2COCCO2)nc(CC(C)C)c1Br. The van der Waals surface area contributed by atoms with Crippen LogP contribution in [0.3, 0.4) is 0 Å². The normalized spacial score (nSPS) is 19.0. The Kier molecular flexibility index (Phi) is 6.39. The molecule has 0 aromatic carbocycles. The van der Waals surface area contributed by atoms with Gasteiger partial charge in [-0.3, -0.25) is 0 Å². The fourth-order valence-corrected chi connectivity index (χ4v) is 2.66. The van der Waals surface area contributed by atoms with Crippen molar-refractivity contribution in [2.45, 2.75) is 39.7 Å². The summed E-state index contributed by atoms with van der Waals surface area (Å²) >= 11 is 3.64. The van der Waals surface area contributed by atoms with Crippen molar-refractivity contribution in [1.82, 2.24) is 9.97 Å². The van der Waals surface area contributed by atoms with E-state index >= 15 is 0 Å². The van der Waals surface area contributed by atoms with Crippen molar-refractivity contribution in [2.24, 2.45) is 5.92 Å². The summed E-state index contributed by atoms with van der Waals surface area (Å²) < 4.78 is 12.2. The summed E-state index contributed by atoms with van der Waals surface area (Å²) in [4.78, 5) is 9.33. The molecule has 1 atom stereocenters. The van der Waals surface area contributed by atoms with Crippen molar-refractivity contribution >= 4 is 21.7 Å². The Balaban J connectivity index is 2.29. The first kappa shape index (κ1) is 16.6. The molecule has 6 heteroatoms. The van der Waals surface area contributed by atoms with E-state index in [2.05, 4.69) is 47.0 Å². The fraction of sp³-hybridized carbons (Fsp3) is 0.733. The van der Waals surface area contributed by atoms with E-state index in [4.69, 9.17) is 14.5 Å². The minimum absolute atomic E-state index is 0.167. The van der Waals surface area contributed by atoms with Crippen LogP contribution in [0, 0.1) is 5.92 Å². The Labute approximate surface area is 135 Å². The van der Waals surface area contributed by atoms with Gasteiger partial charge in [0.1, 0.15) is 11.9 Å². The molecule has 0 aliphatic carbocycles. The number of nitrogens with zero attached hydrogens (tertiary/aromatic N) is 2. The lowest BCUT2D eigenvalue weighted by Crippen LogP contribution is -2.24. The fourth-order valence-electron chi connectivity index (χ4n) is 2.18. The van der Waals surface area contributed by atoms with Crippen LogP contribution in [0.25, 0.3) is 0 Å². The van der Waals surface area contributed by atoms with Gasteiger partial charge in [0.25, 0.3) is 0 Å². The summed E-state index contributed by atoms with van der Waals surface area (Å²) in [5.41, 5.74) is 1.03. The molecule has 1 aromatic heterocycles. The molecule has 21 heavy (non-hydrogen) atoms. The summed E-state index contributed by atoms with van der Waals surface area (Å²) in [6, 6.07) is 0. The number of nitrogens with one attached hydrogen (secondary N) is 1. The van der Waals surface area contributed by atoms with Crippen LogP contribution in [0.1, 0.15) is 44.8 Å². The Bertz CT molecular complexity index is 462. The molecule has 0 spiro atoms. The summed E-state index contributed by atoms with van der Waals surface area (Å²) in [6.45, 7) is 9.17. The maximum Gasteiger partial charge on any atom is 0.162 e. The largest absolute Gasteiger partial charge is 0.376 e. The van der Waals surface area contributed by atoms with Gasteiger partial charge < -0.3 is 14.8 Å². The highest BCUT2D eigenvalue weighted by Crippen LogP contribution is 2.28. The molecule has 1 saturated heterocycles. The van der Waals surface area contributed by atoms with E-state index in [1.807, 2.05) is 0 Å². The molecule has 1 aliphatic rings. The van der Waals surface area contributed by atoms with Crippen LogP contribution < -0.4 is 5.32 Å². The molecule has 1 N–H and O–H groups in total. The monoisotopic (exact) mass is 357 g/mol. The standard InChI is InChI=1S/C15H24BrN3O2/c1-4-5-17-15-13(16)11(8-10(2)3)18-14(19-15)12-9-20-6-7-21-12/h10,12H,4-9H2,1-3H3,(H,17,18,19). The summed E-state index contributed by atoms with van der Waals surface area (Å²) in [7, 11) is 0. The third-order valence-electron chi connectivity index (χ3n) is 3.19. The summed E-state index contributed by atoms with van der Waals surface area (Å²) in [6.07, 6.45) is 1.79. The van der Waals surface area contributed by atoms with E-state index in [9.17, 15) is 0 Å². The van der Waals surface area contributed by atoms with Gasteiger partial charge in [-0.2, -0.15) is 0 Å². The number of anilines is 1. The number of hydrogen-bond acceptors (Lipinski definition) is 5. The van der Waals surface area contributed by atoms with Gasteiger partial charge in [-0.25, -0.2) is 9.97 Å². The molecule has 2 rings (SSSR count). The van der Waals surface area contributed by atoms with Crippen molar-refractivity contribution in [3.63, 3.8) is 0 Å². The maximum atomic E-state index is 5.73. The van der Waals surface area contributed by atoms with Crippen LogP contribution in [-0.4, -0.2) is 36.3 Å². The van der Waals surface area contributed by atoms with E-state index in [1.54, 1.807) is 0 Å². The van der Waals surface area contributed by atoms with Crippen molar-refractivity contribution in [2.75, 3.05) is 31.7 Å². The highest BCUT2D eigenvalue weighted by Gasteiger charge is 2.23. The van der Waals surface area contributed by atoms with Crippen LogP contribution >= 0.6 is 15.9 Å². The smallest absolute Gasteiger partial charge is 0.162 e. The van der Waals surface area contributed by atoms with Gasteiger partial charge in [-0.15, -0.1) is 0 Å². The highest BCUT2D eigenvalue weighted by molar-refractivity contribution is 9.10. The number of aromatic nitrogens is 2. The van der Waals surface area contributed by atoms with Crippen LogP contribution in [0.5, 0.6) is 0 Å². The van der Waals surface area contributed by atoms with E-state index in [0.717, 1.165) is 35.4 Å². The van der Waals surface area contributed by atoms with Crippen LogP contribution in [0.4, 0.5) is 5.82 Å². The second-order valence-corrected chi connectivity index (χ2v) is 6.44. The molecule has 2 heterocycles. The molecule has 1 aliphatic heterocycles. The van der Waals surface area contributed by atoms with E-state index in [1.165, 1.54) is 0 Å². The van der Waals surface area contributed by atoms with Gasteiger partial charge >= 0.3 is 0 Å². The molecule has 0 amide bonds. The first-order chi connectivity index (χ1) is 10.1. The zero-order valence-electron chi connectivity index (χ0n) is 13.0. The average molecular weight is 358 g/mol. The van der Waals surface area contributed by atoms with Crippen molar-refractivity contribution in [1.29, 1.82) is 0 Å². The minimum atomic E-state index is -0.167. The quantitative estimate of drug-likeness (QED) is 0.845. The van der Waals surface area contributed by atoms with Crippen molar-refractivity contribution in [3.05, 3.63) is 16.0 Å². The van der Waals surface area contributed by atoms with E-state index < -0.39 is 0 Å². The van der Waals surface area contributed by atoms with Crippen molar-refractivity contribution in [3.8, 4) is 0 Å². The molecule has 1 unspecified atom stereocenters. The number of ether oxygens (including phenoxy) is 2. The second kappa shape index (κ2) is 8.06. The third kappa shape index (κ3) is 4.63. The van der Waals surface area contributed by atoms with Crippen molar-refractivity contribution < 1.29 is 9.47 Å². The first-order valence-electron chi connectivity index (χ1n) is 7.61. The van der Waals surface area contributed by atoms with Crippen LogP contribution in [0.15, 0.2) is 4.47 Å². The number of hydrogen-bond donors (Lipinski definition) is 1. The van der Waals surface area contributed by atoms with Gasteiger partial charge in [-0.1, -0.05) is 20.8 Å². The van der Waals surface area contributed by atoms with Crippen LogP contribution in [-0.2, 0) is 15.9 Å². The van der Waals surface area contributed by atoms with E-state index in [0.29, 0.717) is 31.6 Å². The topological polar surface area (TPSA) is 56.3 Å². The Morgan fingerprint density at radius 3 is 2.76 bits per heavy atom. The van der Waals surface area contributed by atoms with Gasteiger partial charge in [0.15, 0.2) is 5.82 Å². The highest BCUT2D eigenvalue weighted by atomic mass is 79.9. The third-order valence-corrected chi connectivity index (χ3v) is 4.02. The molecule has 0 bridgehead atoms. The van der Waals surface area contributed by atoms with Crippen LogP contribution in [0.2, 0.25) is 0 Å². The molecule has 0 radical (unpaired) electrons. The minimum Gasteiger partial charge on any atom is -0.376 e. The van der Waals surface area contributed by atoms with Gasteiger partial charge in [0.2, 0.25) is 0 Å². The summed E-state index contributed by atoms with van der Waals surface area (Å²) in [5, 5.41) is 3.36. The predicted molar refractivity (Wildman–Crippen MR) is 86.6 cm³/mol. The molecule has 0 saturated carbocycles. The maximum absolute atomic E-state index is 5.73. The molecular formula is C15H24BrN3O2. The Hall–Kier alpha value is -0.720. The summed E-state index contributed by atoms with van der Waals surface area (Å²) in [5.74, 6) is 2.10. The van der Waals surface area contributed by atoms with E-state index in [-0.39, 0.29) is 6.10 Å². The second-order valence-electron chi connectivity index (χ2n) is 5.65. The molecule has 118 valence electrons. The molecule has 1 aromatic rings. The Morgan fingerprint density at radius 2 is 2.14 bits per heavy atom. The number of halogens is 1. The lowest BCUT2D eigenvalue weighted by Gasteiger charge is -2.23. The lowest BCUT2D eigenvalue weighted by atomic mass is 10.1. The zero-order valence-corrected chi connectivity index (χ0v) is 14.6.